The average molecular weight is 362 g/mol. The highest BCUT2D eigenvalue weighted by molar-refractivity contribution is 5.78. The van der Waals surface area contributed by atoms with Gasteiger partial charge in [-0.3, -0.25) is 0 Å². The van der Waals surface area contributed by atoms with Crippen molar-refractivity contribution < 1.29 is 33.7 Å². The van der Waals surface area contributed by atoms with Crippen LogP contribution >= 0.6 is 0 Å². The summed E-state index contributed by atoms with van der Waals surface area (Å²) in [6.07, 6.45) is -4.38. The molecule has 9 heteroatoms. The molecule has 2 atom stereocenters. The zero-order valence-electron chi connectivity index (χ0n) is 15.9. The predicted octanol–water partition coefficient (Wildman–Crippen LogP) is 1.83. The highest BCUT2D eigenvalue weighted by Gasteiger charge is 2.39. The van der Waals surface area contributed by atoms with Gasteiger partial charge in [0.2, 0.25) is 0 Å². The summed E-state index contributed by atoms with van der Waals surface area (Å²) >= 11 is 0. The lowest BCUT2D eigenvalue weighted by Crippen LogP contribution is -2.60. The number of carbonyl (C=O) groups excluding carboxylic acids is 3. The molecule has 0 rings (SSSR count). The van der Waals surface area contributed by atoms with Gasteiger partial charge in [-0.25, -0.2) is 24.8 Å². The second kappa shape index (κ2) is 10.8. The van der Waals surface area contributed by atoms with Crippen LogP contribution in [-0.4, -0.2) is 59.2 Å². The van der Waals surface area contributed by atoms with E-state index >= 15 is 0 Å². The predicted molar refractivity (Wildman–Crippen MR) is 89.5 cm³/mol. The number of hydrogen-bond acceptors (Lipinski definition) is 7. The Bertz CT molecular complexity index is 452. The standard InChI is InChI=1S/C16H30N2O7/c1-8-23-14(20)13(19)12(9(2)3)18(16(22)25-11(6)7)17-15(21)24-10(4)5/h9-13,19H,8H2,1-7H3,(H,17,21). The molecule has 0 aromatic carbocycles. The number of ether oxygens (including phenoxy) is 3. The van der Waals surface area contributed by atoms with E-state index in [1.807, 2.05) is 0 Å². The number of esters is 1. The summed E-state index contributed by atoms with van der Waals surface area (Å²) in [6.45, 7) is 11.6. The molecule has 0 aliphatic rings. The molecule has 0 aliphatic carbocycles. The van der Waals surface area contributed by atoms with E-state index in [1.54, 1.807) is 48.5 Å². The first kappa shape index (κ1) is 23.0. The Balaban J connectivity index is 5.56. The quantitative estimate of drug-likeness (QED) is 0.403. The van der Waals surface area contributed by atoms with E-state index < -0.39 is 48.4 Å². The van der Waals surface area contributed by atoms with Gasteiger partial charge >= 0.3 is 18.2 Å². The van der Waals surface area contributed by atoms with Gasteiger partial charge in [0.25, 0.3) is 0 Å². The number of nitrogens with zero attached hydrogens (tertiary/aromatic N) is 1. The van der Waals surface area contributed by atoms with Crippen molar-refractivity contribution >= 4 is 18.2 Å². The first-order chi connectivity index (χ1) is 11.5. The van der Waals surface area contributed by atoms with Gasteiger partial charge in [0, 0.05) is 0 Å². The van der Waals surface area contributed by atoms with Crippen LogP contribution in [0.25, 0.3) is 0 Å². The number of hydrogen-bond donors (Lipinski definition) is 2. The molecule has 2 unspecified atom stereocenters. The summed E-state index contributed by atoms with van der Waals surface area (Å²) in [5.41, 5.74) is 2.24. The van der Waals surface area contributed by atoms with Crippen molar-refractivity contribution in [3.8, 4) is 0 Å². The Hall–Kier alpha value is -2.03. The maximum Gasteiger partial charge on any atom is 0.429 e. The number of aliphatic hydroxyl groups is 1. The average Bonchev–Trinajstić information content (AvgIpc) is 2.44. The molecular weight excluding hydrogens is 332 g/mol. The Morgan fingerprint density at radius 1 is 1.00 bits per heavy atom. The molecule has 2 amide bonds. The highest BCUT2D eigenvalue weighted by atomic mass is 16.6. The van der Waals surface area contributed by atoms with Crippen LogP contribution < -0.4 is 5.43 Å². The molecule has 0 saturated carbocycles. The molecule has 0 aliphatic heterocycles. The molecule has 0 radical (unpaired) electrons. The summed E-state index contributed by atoms with van der Waals surface area (Å²) < 4.78 is 14.9. The SMILES string of the molecule is CCOC(=O)C(O)C(C(C)C)N(NC(=O)OC(C)C)C(=O)OC(C)C. The Kier molecular flexibility index (Phi) is 9.88. The number of nitrogens with one attached hydrogen (secondary N) is 1. The molecule has 0 fully saturated rings. The lowest BCUT2D eigenvalue weighted by molar-refractivity contribution is -0.158. The third-order valence-corrected chi connectivity index (χ3v) is 2.92. The molecule has 146 valence electrons. The fourth-order valence-electron chi connectivity index (χ4n) is 2.01. The van der Waals surface area contributed by atoms with Crippen LogP contribution in [0, 0.1) is 5.92 Å². The van der Waals surface area contributed by atoms with E-state index in [9.17, 15) is 19.5 Å². The summed E-state index contributed by atoms with van der Waals surface area (Å²) in [5, 5.41) is 11.1. The summed E-state index contributed by atoms with van der Waals surface area (Å²) in [5.74, 6) is -1.30. The third-order valence-electron chi connectivity index (χ3n) is 2.92. The largest absolute Gasteiger partial charge is 0.464 e. The van der Waals surface area contributed by atoms with Crippen LogP contribution in [0.3, 0.4) is 0 Å². The molecule has 25 heavy (non-hydrogen) atoms. The van der Waals surface area contributed by atoms with E-state index in [-0.39, 0.29) is 6.61 Å². The van der Waals surface area contributed by atoms with Crippen molar-refractivity contribution in [2.75, 3.05) is 6.61 Å². The maximum absolute atomic E-state index is 12.4. The van der Waals surface area contributed by atoms with Gasteiger partial charge in [-0.05, 0) is 40.5 Å². The van der Waals surface area contributed by atoms with Crippen LogP contribution in [-0.2, 0) is 19.0 Å². The fourth-order valence-corrected chi connectivity index (χ4v) is 2.01. The second-order valence-electron chi connectivity index (χ2n) is 6.30. The Morgan fingerprint density at radius 3 is 1.92 bits per heavy atom. The zero-order valence-corrected chi connectivity index (χ0v) is 15.9. The van der Waals surface area contributed by atoms with Crippen molar-refractivity contribution in [1.82, 2.24) is 10.4 Å². The van der Waals surface area contributed by atoms with Crippen LogP contribution in [0.1, 0.15) is 48.5 Å². The van der Waals surface area contributed by atoms with Crippen LogP contribution in [0.15, 0.2) is 0 Å². The van der Waals surface area contributed by atoms with Crippen molar-refractivity contribution in [3.05, 3.63) is 0 Å². The Morgan fingerprint density at radius 2 is 1.52 bits per heavy atom. The summed E-state index contributed by atoms with van der Waals surface area (Å²) in [7, 11) is 0. The normalized spacial score (nSPS) is 13.4. The topological polar surface area (TPSA) is 114 Å². The first-order valence-electron chi connectivity index (χ1n) is 8.32. The summed E-state index contributed by atoms with van der Waals surface area (Å²) in [6, 6.07) is -1.11. The number of carbonyl (C=O) groups is 3. The van der Waals surface area contributed by atoms with Crippen molar-refractivity contribution in [3.63, 3.8) is 0 Å². The molecular formula is C16H30N2O7. The second-order valence-corrected chi connectivity index (χ2v) is 6.30. The van der Waals surface area contributed by atoms with Crippen LogP contribution in [0.2, 0.25) is 0 Å². The Labute approximate surface area is 148 Å². The minimum atomic E-state index is -1.67. The van der Waals surface area contributed by atoms with E-state index in [0.29, 0.717) is 0 Å². The first-order valence-corrected chi connectivity index (χ1v) is 8.32. The lowest BCUT2D eigenvalue weighted by atomic mass is 9.98. The van der Waals surface area contributed by atoms with Gasteiger partial charge in [0.1, 0.15) is 0 Å². The number of amides is 2. The van der Waals surface area contributed by atoms with E-state index in [1.165, 1.54) is 0 Å². The van der Waals surface area contributed by atoms with Crippen molar-refractivity contribution in [2.24, 2.45) is 5.92 Å². The molecule has 0 aromatic rings. The van der Waals surface area contributed by atoms with Gasteiger partial charge in [-0.1, -0.05) is 13.8 Å². The van der Waals surface area contributed by atoms with E-state index in [2.05, 4.69) is 5.43 Å². The highest BCUT2D eigenvalue weighted by Crippen LogP contribution is 2.17. The summed E-state index contributed by atoms with van der Waals surface area (Å²) in [4.78, 5) is 36.2. The number of rotatable bonds is 7. The number of hydrazine groups is 1. The fraction of sp³-hybridized carbons (Fsp3) is 0.812. The molecule has 9 nitrogen and oxygen atoms in total. The number of aliphatic hydroxyl groups excluding tert-OH is 1. The van der Waals surface area contributed by atoms with E-state index in [0.717, 1.165) is 5.01 Å². The van der Waals surface area contributed by atoms with E-state index in [4.69, 9.17) is 14.2 Å². The van der Waals surface area contributed by atoms with Gasteiger partial charge in [-0.2, -0.15) is 0 Å². The van der Waals surface area contributed by atoms with Crippen molar-refractivity contribution in [1.29, 1.82) is 0 Å². The van der Waals surface area contributed by atoms with Gasteiger partial charge < -0.3 is 19.3 Å². The molecule has 0 spiro atoms. The zero-order chi connectivity index (χ0) is 19.7. The minimum Gasteiger partial charge on any atom is -0.464 e. The van der Waals surface area contributed by atoms with Crippen molar-refractivity contribution in [2.45, 2.75) is 72.8 Å². The molecule has 0 heterocycles. The van der Waals surface area contributed by atoms with Crippen LogP contribution in [0.4, 0.5) is 9.59 Å². The molecule has 2 N–H and O–H groups in total. The monoisotopic (exact) mass is 362 g/mol. The molecule has 0 bridgehead atoms. The van der Waals surface area contributed by atoms with Gasteiger partial charge in [-0.15, -0.1) is 0 Å². The van der Waals surface area contributed by atoms with Gasteiger partial charge in [0.15, 0.2) is 6.10 Å². The van der Waals surface area contributed by atoms with Gasteiger partial charge in [0.05, 0.1) is 24.9 Å². The third kappa shape index (κ3) is 8.06. The molecule has 0 saturated heterocycles. The smallest absolute Gasteiger partial charge is 0.429 e. The minimum absolute atomic E-state index is 0.0694. The van der Waals surface area contributed by atoms with Crippen LogP contribution in [0.5, 0.6) is 0 Å². The lowest BCUT2D eigenvalue weighted by Gasteiger charge is -2.35. The maximum atomic E-state index is 12.4. The molecule has 0 aromatic heterocycles.